The second kappa shape index (κ2) is 17.6. The number of carbonyl (C=O) groups excluding carboxylic acids is 5. The van der Waals surface area contributed by atoms with Gasteiger partial charge in [-0.2, -0.15) is 0 Å². The van der Waals surface area contributed by atoms with Crippen molar-refractivity contribution in [2.45, 2.75) is 69.8 Å². The Bertz CT molecular complexity index is 2230. The maximum atomic E-state index is 14.5. The van der Waals surface area contributed by atoms with E-state index in [1.807, 2.05) is 42.5 Å². The Hall–Kier alpha value is -6.70. The van der Waals surface area contributed by atoms with E-state index in [1.165, 1.54) is 7.05 Å². The molecule has 292 valence electrons. The number of hydrogen-bond acceptors (Lipinski definition) is 7. The molecule has 0 saturated carbocycles. The molecule has 5 amide bonds. The van der Waals surface area contributed by atoms with Crippen LogP contribution in [0.3, 0.4) is 0 Å². The number of benzene rings is 4. The summed E-state index contributed by atoms with van der Waals surface area (Å²) in [6.45, 7) is 5.06. The molecule has 0 saturated heterocycles. The van der Waals surface area contributed by atoms with Crippen LogP contribution in [0.1, 0.15) is 49.9 Å². The molecule has 0 bridgehead atoms. The second-order valence-electron chi connectivity index (χ2n) is 14.5. The van der Waals surface area contributed by atoms with Gasteiger partial charge in [-0.15, -0.1) is 0 Å². The quantitative estimate of drug-likeness (QED) is 0.0911. The van der Waals surface area contributed by atoms with Crippen LogP contribution in [0.15, 0.2) is 103 Å². The van der Waals surface area contributed by atoms with Crippen molar-refractivity contribution in [1.82, 2.24) is 25.8 Å². The van der Waals surface area contributed by atoms with Gasteiger partial charge in [0.2, 0.25) is 23.6 Å². The molecule has 4 aromatic carbocycles. The minimum Gasteiger partial charge on any atom is -0.481 e. The van der Waals surface area contributed by atoms with Crippen LogP contribution in [0.2, 0.25) is 0 Å². The largest absolute Gasteiger partial charge is 0.481 e. The Kier molecular flexibility index (Phi) is 12.7. The first-order chi connectivity index (χ1) is 26.6. The van der Waals surface area contributed by atoms with Crippen molar-refractivity contribution in [2.24, 2.45) is 5.73 Å². The SMILES string of the molecule is CN(C(=O)[C@H](Cc1c[nH]c2ccccc12)NC(=O)OC(C)(C)C)[C@@H](Cc1ccccc1)C(=O)N[C@@H](CC(=O)O)C(=O)N[C@H](C(N)=O)c1cccc2ccccc12. The van der Waals surface area contributed by atoms with Crippen LogP contribution in [-0.2, 0) is 41.6 Å². The number of fused-ring (bicyclic) bond motifs is 2. The highest BCUT2D eigenvalue weighted by Gasteiger charge is 2.36. The molecule has 5 rings (SSSR count). The van der Waals surface area contributed by atoms with Crippen molar-refractivity contribution in [1.29, 1.82) is 0 Å². The summed E-state index contributed by atoms with van der Waals surface area (Å²) in [6.07, 6.45) is 0.0308. The van der Waals surface area contributed by atoms with Crippen molar-refractivity contribution in [2.75, 3.05) is 7.05 Å². The summed E-state index contributed by atoms with van der Waals surface area (Å²) >= 11 is 0. The van der Waals surface area contributed by atoms with Crippen molar-refractivity contribution >= 4 is 57.4 Å². The third-order valence-corrected chi connectivity index (χ3v) is 9.19. The second-order valence-corrected chi connectivity index (χ2v) is 14.5. The fraction of sp³-hybridized carbons (Fsp3) is 0.286. The van der Waals surface area contributed by atoms with Gasteiger partial charge in [-0.05, 0) is 54.3 Å². The number of primary amides is 1. The Morgan fingerprint density at radius 3 is 2.09 bits per heavy atom. The number of alkyl carbamates (subject to hydrolysis) is 1. The van der Waals surface area contributed by atoms with E-state index in [1.54, 1.807) is 81.6 Å². The van der Waals surface area contributed by atoms with Gasteiger partial charge < -0.3 is 41.4 Å². The van der Waals surface area contributed by atoms with E-state index in [9.17, 15) is 33.9 Å². The number of ether oxygens (including phenoxy) is 1. The summed E-state index contributed by atoms with van der Waals surface area (Å²) in [6, 6.07) is 23.0. The number of nitrogens with one attached hydrogen (secondary N) is 4. The zero-order valence-corrected chi connectivity index (χ0v) is 31.6. The van der Waals surface area contributed by atoms with E-state index >= 15 is 0 Å². The molecule has 0 unspecified atom stereocenters. The molecule has 0 fully saturated rings. The lowest BCUT2D eigenvalue weighted by Gasteiger charge is -2.32. The van der Waals surface area contributed by atoms with Gasteiger partial charge in [0, 0.05) is 37.0 Å². The first kappa shape index (κ1) is 40.5. The lowest BCUT2D eigenvalue weighted by molar-refractivity contribution is -0.143. The maximum Gasteiger partial charge on any atom is 0.408 e. The summed E-state index contributed by atoms with van der Waals surface area (Å²) in [4.78, 5) is 84.8. The number of nitrogens with zero attached hydrogens (tertiary/aromatic N) is 1. The van der Waals surface area contributed by atoms with Crippen LogP contribution in [0.5, 0.6) is 0 Å². The average Bonchev–Trinajstić information content (AvgIpc) is 3.56. The van der Waals surface area contributed by atoms with Gasteiger partial charge in [0.25, 0.3) is 0 Å². The number of H-pyrrole nitrogens is 1. The third kappa shape index (κ3) is 10.3. The fourth-order valence-electron chi connectivity index (χ4n) is 6.51. The molecule has 7 N–H and O–H groups in total. The lowest BCUT2D eigenvalue weighted by atomic mass is 9.97. The maximum absolute atomic E-state index is 14.5. The standard InChI is InChI=1S/C42H46N6O8/c1-42(2,3)56-41(55)46-33(22-27-24-44-31-20-11-10-18-29(27)31)40(54)48(4)34(21-25-13-6-5-7-14-25)39(53)45-32(23-35(49)50)38(52)47-36(37(43)51)30-19-12-16-26-15-8-9-17-28(26)30/h5-20,24,32-34,36,44H,21-23H2,1-4H3,(H2,43,51)(H,45,53)(H,46,55)(H,47,52)(H,49,50)/t32-,33-,34-,36-/m0/s1. The zero-order valence-electron chi connectivity index (χ0n) is 31.6. The zero-order chi connectivity index (χ0) is 40.6. The molecular weight excluding hydrogens is 716 g/mol. The number of nitrogens with two attached hydrogens (primary N) is 1. The minimum absolute atomic E-state index is 0.0266. The molecule has 4 atom stereocenters. The summed E-state index contributed by atoms with van der Waals surface area (Å²) in [5, 5.41) is 19.8. The number of aliphatic carboxylic acids is 1. The Labute approximate surface area is 323 Å². The number of aromatic amines is 1. The third-order valence-electron chi connectivity index (χ3n) is 9.19. The van der Waals surface area contributed by atoms with E-state index in [0.29, 0.717) is 16.5 Å². The molecule has 1 aromatic heterocycles. The lowest BCUT2D eigenvalue weighted by Crippen LogP contribution is -2.59. The fourth-order valence-corrected chi connectivity index (χ4v) is 6.51. The molecule has 56 heavy (non-hydrogen) atoms. The summed E-state index contributed by atoms with van der Waals surface area (Å²) in [5.74, 6) is -4.79. The van der Waals surface area contributed by atoms with Gasteiger partial charge in [0.15, 0.2) is 0 Å². The number of carbonyl (C=O) groups is 6. The molecule has 14 nitrogen and oxygen atoms in total. The van der Waals surface area contributed by atoms with Crippen molar-refractivity contribution < 1.29 is 38.6 Å². The van der Waals surface area contributed by atoms with E-state index in [0.717, 1.165) is 26.8 Å². The Morgan fingerprint density at radius 2 is 1.41 bits per heavy atom. The topological polar surface area (TPSA) is 213 Å². The van der Waals surface area contributed by atoms with Gasteiger partial charge in [-0.3, -0.25) is 24.0 Å². The predicted octanol–water partition coefficient (Wildman–Crippen LogP) is 4.13. The van der Waals surface area contributed by atoms with Gasteiger partial charge in [-0.1, -0.05) is 91.0 Å². The van der Waals surface area contributed by atoms with Gasteiger partial charge in [-0.25, -0.2) is 4.79 Å². The molecule has 14 heteroatoms. The van der Waals surface area contributed by atoms with Crippen LogP contribution in [0.4, 0.5) is 4.79 Å². The molecule has 0 aliphatic carbocycles. The molecule has 0 spiro atoms. The van der Waals surface area contributed by atoms with Crippen LogP contribution < -0.4 is 21.7 Å². The number of hydrogen-bond donors (Lipinski definition) is 6. The normalized spacial score (nSPS) is 13.5. The van der Waals surface area contributed by atoms with Crippen LogP contribution >= 0.6 is 0 Å². The Balaban J connectivity index is 1.45. The highest BCUT2D eigenvalue weighted by atomic mass is 16.6. The van der Waals surface area contributed by atoms with Crippen molar-refractivity contribution in [3.05, 3.63) is 120 Å². The van der Waals surface area contributed by atoms with E-state index in [4.69, 9.17) is 10.5 Å². The summed E-state index contributed by atoms with van der Waals surface area (Å²) < 4.78 is 5.49. The van der Waals surface area contributed by atoms with Crippen LogP contribution in [0, 0.1) is 0 Å². The predicted molar refractivity (Wildman–Crippen MR) is 210 cm³/mol. The highest BCUT2D eigenvalue weighted by molar-refractivity contribution is 5.99. The summed E-state index contributed by atoms with van der Waals surface area (Å²) in [7, 11) is 1.39. The number of aromatic nitrogens is 1. The average molecular weight is 763 g/mol. The number of likely N-dealkylation sites (N-methyl/N-ethyl adjacent to an activating group) is 1. The van der Waals surface area contributed by atoms with Crippen LogP contribution in [0.25, 0.3) is 21.7 Å². The highest BCUT2D eigenvalue weighted by Crippen LogP contribution is 2.25. The molecule has 1 heterocycles. The van der Waals surface area contributed by atoms with Gasteiger partial charge in [0.05, 0.1) is 6.42 Å². The Morgan fingerprint density at radius 1 is 0.768 bits per heavy atom. The van der Waals surface area contributed by atoms with E-state index in [-0.39, 0.29) is 12.8 Å². The number of carboxylic acids is 1. The summed E-state index contributed by atoms with van der Waals surface area (Å²) in [5.41, 5.74) is 7.46. The van der Waals surface area contributed by atoms with Gasteiger partial charge >= 0.3 is 12.1 Å². The van der Waals surface area contributed by atoms with Crippen molar-refractivity contribution in [3.8, 4) is 0 Å². The van der Waals surface area contributed by atoms with Crippen molar-refractivity contribution in [3.63, 3.8) is 0 Å². The minimum atomic E-state index is -1.68. The first-order valence-corrected chi connectivity index (χ1v) is 18.1. The number of para-hydroxylation sites is 1. The first-order valence-electron chi connectivity index (χ1n) is 18.1. The van der Waals surface area contributed by atoms with E-state index in [2.05, 4.69) is 20.9 Å². The van der Waals surface area contributed by atoms with Gasteiger partial charge in [0.1, 0.15) is 29.8 Å². The monoisotopic (exact) mass is 762 g/mol. The van der Waals surface area contributed by atoms with E-state index < -0.39 is 71.9 Å². The molecule has 0 radical (unpaired) electrons. The number of rotatable bonds is 15. The molecular formula is C42H46N6O8. The smallest absolute Gasteiger partial charge is 0.408 e. The van der Waals surface area contributed by atoms with Crippen LogP contribution in [-0.4, -0.2) is 81.5 Å². The number of carboxylic acid groups (broad SMARTS) is 1. The molecule has 0 aliphatic rings. The molecule has 5 aromatic rings. The molecule has 0 aliphatic heterocycles. The number of amides is 5.